The molecule has 0 atom stereocenters. The second-order valence-electron chi connectivity index (χ2n) is 5.94. The van der Waals surface area contributed by atoms with E-state index in [0.717, 1.165) is 17.7 Å². The van der Waals surface area contributed by atoms with Gasteiger partial charge in [-0.2, -0.15) is 0 Å². The number of aromatic nitrogens is 1. The number of benzene rings is 1. The summed E-state index contributed by atoms with van der Waals surface area (Å²) < 4.78 is 10.8. The number of hydrogen-bond donors (Lipinski definition) is 1. The average molecular weight is 355 g/mol. The van der Waals surface area contributed by atoms with Crippen molar-refractivity contribution < 1.29 is 19.1 Å². The van der Waals surface area contributed by atoms with Crippen molar-refractivity contribution in [1.82, 2.24) is 10.3 Å². The van der Waals surface area contributed by atoms with Gasteiger partial charge in [-0.1, -0.05) is 0 Å². The number of fused-ring (bicyclic) bond motifs is 1. The Hall–Kier alpha value is -2.93. The summed E-state index contributed by atoms with van der Waals surface area (Å²) in [5.74, 6) is 0.943. The van der Waals surface area contributed by atoms with E-state index in [-0.39, 0.29) is 17.5 Å². The molecule has 2 heterocycles. The maximum Gasteiger partial charge on any atom is 0.270 e. The molecule has 0 bridgehead atoms. The molecule has 1 aromatic carbocycles. The Bertz CT molecular complexity index is 822. The van der Waals surface area contributed by atoms with Gasteiger partial charge in [0, 0.05) is 45.1 Å². The Morgan fingerprint density at radius 1 is 1.23 bits per heavy atom. The van der Waals surface area contributed by atoms with Gasteiger partial charge in [0.1, 0.15) is 17.2 Å². The molecule has 0 unspecified atom stereocenters. The number of rotatable bonds is 6. The SMILES string of the molecule is COCCNC(=O)c1cc(Oc2ccc3c(c2)CCN3C(C)=O)ccn1. The lowest BCUT2D eigenvalue weighted by molar-refractivity contribution is -0.116. The zero-order valence-corrected chi connectivity index (χ0v) is 14.8. The molecule has 2 aromatic rings. The van der Waals surface area contributed by atoms with Crippen LogP contribution in [0, 0.1) is 0 Å². The van der Waals surface area contributed by atoms with E-state index < -0.39 is 0 Å². The van der Waals surface area contributed by atoms with Crippen molar-refractivity contribution >= 4 is 17.5 Å². The van der Waals surface area contributed by atoms with Crippen LogP contribution in [0.3, 0.4) is 0 Å². The minimum Gasteiger partial charge on any atom is -0.457 e. The molecule has 1 aliphatic heterocycles. The first-order valence-electron chi connectivity index (χ1n) is 8.40. The predicted molar refractivity (Wildman–Crippen MR) is 96.7 cm³/mol. The number of amides is 2. The van der Waals surface area contributed by atoms with Gasteiger partial charge in [-0.3, -0.25) is 14.6 Å². The average Bonchev–Trinajstić information content (AvgIpc) is 3.05. The zero-order valence-electron chi connectivity index (χ0n) is 14.8. The first kappa shape index (κ1) is 17.9. The first-order chi connectivity index (χ1) is 12.6. The molecule has 2 amide bonds. The first-order valence-corrected chi connectivity index (χ1v) is 8.40. The Kier molecular flexibility index (Phi) is 5.48. The fourth-order valence-corrected chi connectivity index (χ4v) is 2.86. The molecule has 0 spiro atoms. The molecule has 7 heteroatoms. The summed E-state index contributed by atoms with van der Waals surface area (Å²) in [5.41, 5.74) is 2.28. The van der Waals surface area contributed by atoms with Gasteiger partial charge >= 0.3 is 0 Å². The third kappa shape index (κ3) is 4.00. The minimum absolute atomic E-state index is 0.0377. The largest absolute Gasteiger partial charge is 0.457 e. The molecule has 0 aliphatic carbocycles. The monoisotopic (exact) mass is 355 g/mol. The summed E-state index contributed by atoms with van der Waals surface area (Å²) in [4.78, 5) is 29.5. The number of anilines is 1. The fraction of sp³-hybridized carbons (Fsp3) is 0.316. The van der Waals surface area contributed by atoms with Crippen molar-refractivity contribution in [3.63, 3.8) is 0 Å². The number of hydrogen-bond acceptors (Lipinski definition) is 5. The normalized spacial score (nSPS) is 12.6. The van der Waals surface area contributed by atoms with Crippen molar-refractivity contribution in [3.8, 4) is 11.5 Å². The molecular formula is C19H21N3O4. The molecule has 0 saturated heterocycles. The molecule has 7 nitrogen and oxygen atoms in total. The Balaban J connectivity index is 1.71. The van der Waals surface area contributed by atoms with Gasteiger partial charge in [0.05, 0.1) is 6.61 Å². The van der Waals surface area contributed by atoms with E-state index in [1.54, 1.807) is 31.1 Å². The highest BCUT2D eigenvalue weighted by molar-refractivity contribution is 5.94. The van der Waals surface area contributed by atoms with Crippen LogP contribution in [0.1, 0.15) is 23.0 Å². The smallest absolute Gasteiger partial charge is 0.270 e. The number of pyridine rings is 1. The van der Waals surface area contributed by atoms with Crippen molar-refractivity contribution in [1.29, 1.82) is 0 Å². The van der Waals surface area contributed by atoms with E-state index in [1.165, 1.54) is 6.20 Å². The molecule has 136 valence electrons. The van der Waals surface area contributed by atoms with Crippen molar-refractivity contribution in [2.24, 2.45) is 0 Å². The van der Waals surface area contributed by atoms with E-state index >= 15 is 0 Å². The molecule has 1 aromatic heterocycles. The Labute approximate surface area is 151 Å². The summed E-state index contributed by atoms with van der Waals surface area (Å²) >= 11 is 0. The zero-order chi connectivity index (χ0) is 18.5. The number of methoxy groups -OCH3 is 1. The molecule has 26 heavy (non-hydrogen) atoms. The van der Waals surface area contributed by atoms with E-state index in [0.29, 0.717) is 31.2 Å². The van der Waals surface area contributed by atoms with Gasteiger partial charge in [0.2, 0.25) is 5.91 Å². The minimum atomic E-state index is -0.279. The standard InChI is InChI=1S/C19H21N3O4/c1-13(23)22-9-6-14-11-15(3-4-18(14)22)26-16-5-7-20-17(12-16)19(24)21-8-10-25-2/h3-5,7,11-12H,6,8-10H2,1-2H3,(H,21,24). The number of nitrogens with one attached hydrogen (secondary N) is 1. The van der Waals surface area contributed by atoms with Crippen LogP contribution < -0.4 is 15.0 Å². The number of ether oxygens (including phenoxy) is 2. The fourth-order valence-electron chi connectivity index (χ4n) is 2.86. The van der Waals surface area contributed by atoms with Crippen LogP contribution in [0.5, 0.6) is 11.5 Å². The second-order valence-corrected chi connectivity index (χ2v) is 5.94. The van der Waals surface area contributed by atoms with Crippen LogP contribution in [0.15, 0.2) is 36.5 Å². The summed E-state index contributed by atoms with van der Waals surface area (Å²) in [6.07, 6.45) is 2.33. The van der Waals surface area contributed by atoms with E-state index in [9.17, 15) is 9.59 Å². The quantitative estimate of drug-likeness (QED) is 0.803. The molecule has 3 rings (SSSR count). The van der Waals surface area contributed by atoms with Crippen LogP contribution in [0.4, 0.5) is 5.69 Å². The number of carbonyl (C=O) groups is 2. The lowest BCUT2D eigenvalue weighted by atomic mass is 10.1. The lowest BCUT2D eigenvalue weighted by Crippen LogP contribution is -2.27. The Morgan fingerprint density at radius 3 is 2.81 bits per heavy atom. The summed E-state index contributed by atoms with van der Waals surface area (Å²) in [7, 11) is 1.57. The van der Waals surface area contributed by atoms with Crippen molar-refractivity contribution in [2.45, 2.75) is 13.3 Å². The maximum atomic E-state index is 12.1. The van der Waals surface area contributed by atoms with Crippen LogP contribution in [-0.2, 0) is 16.0 Å². The van der Waals surface area contributed by atoms with Crippen LogP contribution in [0.2, 0.25) is 0 Å². The van der Waals surface area contributed by atoms with Gasteiger partial charge < -0.3 is 19.7 Å². The van der Waals surface area contributed by atoms with E-state index in [1.807, 2.05) is 18.2 Å². The summed E-state index contributed by atoms with van der Waals surface area (Å²) in [5, 5.41) is 2.72. The molecule has 0 radical (unpaired) electrons. The highest BCUT2D eigenvalue weighted by atomic mass is 16.5. The molecule has 0 fully saturated rings. The van der Waals surface area contributed by atoms with Crippen molar-refractivity contribution in [3.05, 3.63) is 47.8 Å². The lowest BCUT2D eigenvalue weighted by Gasteiger charge is -2.15. The molecular weight excluding hydrogens is 334 g/mol. The topological polar surface area (TPSA) is 80.8 Å². The third-order valence-corrected chi connectivity index (χ3v) is 4.12. The van der Waals surface area contributed by atoms with Gasteiger partial charge in [0.15, 0.2) is 0 Å². The summed E-state index contributed by atoms with van der Waals surface area (Å²) in [6, 6.07) is 8.92. The van der Waals surface area contributed by atoms with Crippen molar-refractivity contribution in [2.75, 3.05) is 31.7 Å². The van der Waals surface area contributed by atoms with E-state index in [2.05, 4.69) is 10.3 Å². The van der Waals surface area contributed by atoms with Gasteiger partial charge in [-0.15, -0.1) is 0 Å². The highest BCUT2D eigenvalue weighted by Gasteiger charge is 2.22. The third-order valence-electron chi connectivity index (χ3n) is 4.12. The van der Waals surface area contributed by atoms with E-state index in [4.69, 9.17) is 9.47 Å². The summed E-state index contributed by atoms with van der Waals surface area (Å²) in [6.45, 7) is 3.11. The highest BCUT2D eigenvalue weighted by Crippen LogP contribution is 2.33. The number of nitrogens with zero attached hydrogens (tertiary/aromatic N) is 2. The Morgan fingerprint density at radius 2 is 2.04 bits per heavy atom. The van der Waals surface area contributed by atoms with Gasteiger partial charge in [-0.25, -0.2) is 0 Å². The maximum absolute atomic E-state index is 12.1. The predicted octanol–water partition coefficient (Wildman–Crippen LogP) is 2.16. The molecule has 1 aliphatic rings. The molecule has 1 N–H and O–H groups in total. The molecule has 0 saturated carbocycles. The number of carbonyl (C=O) groups excluding carboxylic acids is 2. The second kappa shape index (κ2) is 7.97. The van der Waals surface area contributed by atoms with Crippen LogP contribution in [-0.4, -0.2) is 43.6 Å². The van der Waals surface area contributed by atoms with Crippen LogP contribution >= 0.6 is 0 Å². The van der Waals surface area contributed by atoms with Crippen LogP contribution in [0.25, 0.3) is 0 Å². The van der Waals surface area contributed by atoms with Gasteiger partial charge in [0.25, 0.3) is 5.91 Å². The van der Waals surface area contributed by atoms with Gasteiger partial charge in [-0.05, 0) is 36.2 Å².